The number of benzene rings is 1. The van der Waals surface area contributed by atoms with Gasteiger partial charge in [-0.3, -0.25) is 9.59 Å². The highest BCUT2D eigenvalue weighted by Crippen LogP contribution is 2.14. The molecule has 0 saturated carbocycles. The van der Waals surface area contributed by atoms with Gasteiger partial charge in [-0.05, 0) is 41.1 Å². The van der Waals surface area contributed by atoms with Gasteiger partial charge in [0.05, 0.1) is 19.4 Å². The van der Waals surface area contributed by atoms with E-state index >= 15 is 0 Å². The summed E-state index contributed by atoms with van der Waals surface area (Å²) in [4.78, 5) is 26.5. The number of carbonyl (C=O) groups is 2. The Kier molecular flexibility index (Phi) is 5.95. The Morgan fingerprint density at radius 2 is 2.00 bits per heavy atom. The van der Waals surface area contributed by atoms with E-state index < -0.39 is 0 Å². The number of hydrogen-bond donors (Lipinski definition) is 1. The van der Waals surface area contributed by atoms with E-state index in [0.717, 1.165) is 5.56 Å². The van der Waals surface area contributed by atoms with E-state index in [9.17, 15) is 9.59 Å². The minimum absolute atomic E-state index is 0.118. The van der Waals surface area contributed by atoms with Crippen molar-refractivity contribution in [1.29, 1.82) is 0 Å². The van der Waals surface area contributed by atoms with E-state index in [-0.39, 0.29) is 30.6 Å². The van der Waals surface area contributed by atoms with E-state index in [1.807, 2.05) is 30.3 Å². The molecule has 2 heterocycles. The third-order valence-corrected chi connectivity index (χ3v) is 3.94. The van der Waals surface area contributed by atoms with Crippen LogP contribution in [0.15, 0.2) is 53.1 Å². The Balaban J connectivity index is 1.74. The normalized spacial score (nSPS) is 11.3. The highest BCUT2D eigenvalue weighted by molar-refractivity contribution is 6.18. The van der Waals surface area contributed by atoms with Crippen molar-refractivity contribution in [3.05, 3.63) is 65.9 Å². The van der Waals surface area contributed by atoms with Crippen LogP contribution in [-0.2, 0) is 16.1 Å². The summed E-state index contributed by atoms with van der Waals surface area (Å²) in [6, 6.07) is 12.9. The molecule has 1 aromatic carbocycles. The summed E-state index contributed by atoms with van der Waals surface area (Å²) >= 11 is 0. The summed E-state index contributed by atoms with van der Waals surface area (Å²) in [6.45, 7) is 1.84. The van der Waals surface area contributed by atoms with Crippen LogP contribution in [0, 0.1) is 6.92 Å². The van der Waals surface area contributed by atoms with Crippen molar-refractivity contribution >= 4 is 23.6 Å². The zero-order valence-electron chi connectivity index (χ0n) is 15.6. The van der Waals surface area contributed by atoms with E-state index in [1.54, 1.807) is 32.2 Å². The van der Waals surface area contributed by atoms with Crippen LogP contribution in [-0.4, -0.2) is 50.5 Å². The Labute approximate surface area is 161 Å². The molecule has 0 saturated heterocycles. The van der Waals surface area contributed by atoms with Crippen LogP contribution in [0.4, 0.5) is 0 Å². The zero-order chi connectivity index (χ0) is 19.9. The average Bonchev–Trinajstić information content (AvgIpc) is 3.36. The molecule has 144 valence electrons. The molecule has 28 heavy (non-hydrogen) atoms. The van der Waals surface area contributed by atoms with Gasteiger partial charge in [0.15, 0.2) is 5.82 Å². The van der Waals surface area contributed by atoms with Crippen LogP contribution in [0.25, 0.3) is 11.8 Å². The van der Waals surface area contributed by atoms with Gasteiger partial charge in [-0.2, -0.15) is 4.68 Å². The van der Waals surface area contributed by atoms with E-state index in [1.165, 1.54) is 15.8 Å². The van der Waals surface area contributed by atoms with E-state index in [2.05, 4.69) is 20.8 Å². The monoisotopic (exact) mass is 380 g/mol. The Morgan fingerprint density at radius 3 is 2.64 bits per heavy atom. The van der Waals surface area contributed by atoms with E-state index in [4.69, 9.17) is 4.42 Å². The van der Waals surface area contributed by atoms with Crippen molar-refractivity contribution in [1.82, 2.24) is 30.4 Å². The molecule has 0 aliphatic carbocycles. The van der Waals surface area contributed by atoms with Gasteiger partial charge in [-0.25, -0.2) is 0 Å². The molecule has 0 spiro atoms. The van der Waals surface area contributed by atoms with Crippen molar-refractivity contribution in [3.63, 3.8) is 0 Å². The number of rotatable bonds is 7. The SMILES string of the molecule is Cc1nnnn1/C(=C\c1ccccc1)C(=O)N(C)CC(=O)NCc1ccco1. The maximum absolute atomic E-state index is 13.0. The summed E-state index contributed by atoms with van der Waals surface area (Å²) in [5.41, 5.74) is 1.06. The van der Waals surface area contributed by atoms with Gasteiger partial charge in [0.25, 0.3) is 5.91 Å². The number of nitrogens with one attached hydrogen (secondary N) is 1. The number of aryl methyl sites for hydroxylation is 1. The lowest BCUT2D eigenvalue weighted by molar-refractivity contribution is -0.130. The molecule has 0 aliphatic heterocycles. The number of likely N-dealkylation sites (N-methyl/N-ethyl adjacent to an activating group) is 1. The number of hydrogen-bond acceptors (Lipinski definition) is 6. The molecule has 9 heteroatoms. The quantitative estimate of drug-likeness (QED) is 0.620. The molecule has 3 rings (SSSR count). The molecule has 0 fully saturated rings. The molecular formula is C19H20N6O3. The van der Waals surface area contributed by atoms with E-state index in [0.29, 0.717) is 11.6 Å². The number of aromatic nitrogens is 4. The van der Waals surface area contributed by atoms with Crippen LogP contribution in [0.3, 0.4) is 0 Å². The first-order chi connectivity index (χ1) is 13.5. The Hall–Kier alpha value is -3.75. The van der Waals surface area contributed by atoms with Crippen LogP contribution in [0.2, 0.25) is 0 Å². The Bertz CT molecular complexity index is 963. The summed E-state index contributed by atoms with van der Waals surface area (Å²) in [7, 11) is 1.55. The highest BCUT2D eigenvalue weighted by Gasteiger charge is 2.21. The topological polar surface area (TPSA) is 106 Å². The van der Waals surface area contributed by atoms with Crippen molar-refractivity contribution in [3.8, 4) is 0 Å². The maximum atomic E-state index is 13.0. The van der Waals surface area contributed by atoms with Crippen molar-refractivity contribution in [2.75, 3.05) is 13.6 Å². The molecule has 2 aromatic heterocycles. The third-order valence-electron chi connectivity index (χ3n) is 3.94. The first-order valence-electron chi connectivity index (χ1n) is 8.61. The molecule has 1 N–H and O–H groups in total. The van der Waals surface area contributed by atoms with Gasteiger partial charge < -0.3 is 14.6 Å². The van der Waals surface area contributed by atoms with Gasteiger partial charge in [-0.15, -0.1) is 5.10 Å². The highest BCUT2D eigenvalue weighted by atomic mass is 16.3. The number of carbonyl (C=O) groups excluding carboxylic acids is 2. The lowest BCUT2D eigenvalue weighted by Crippen LogP contribution is -2.39. The van der Waals surface area contributed by atoms with Gasteiger partial charge in [0.1, 0.15) is 11.5 Å². The fourth-order valence-electron chi connectivity index (χ4n) is 2.51. The second kappa shape index (κ2) is 8.76. The molecule has 0 aliphatic rings. The van der Waals surface area contributed by atoms with Crippen molar-refractivity contribution in [2.24, 2.45) is 0 Å². The number of nitrogens with zero attached hydrogens (tertiary/aromatic N) is 5. The molecule has 0 radical (unpaired) electrons. The molecule has 0 bridgehead atoms. The Morgan fingerprint density at radius 1 is 1.21 bits per heavy atom. The van der Waals surface area contributed by atoms with Gasteiger partial charge in [0.2, 0.25) is 5.91 Å². The minimum Gasteiger partial charge on any atom is -0.467 e. The molecule has 3 aromatic rings. The lowest BCUT2D eigenvalue weighted by Gasteiger charge is -2.18. The van der Waals surface area contributed by atoms with Crippen LogP contribution < -0.4 is 5.32 Å². The predicted octanol–water partition coefficient (Wildman–Crippen LogP) is 1.35. The largest absolute Gasteiger partial charge is 0.467 e. The average molecular weight is 380 g/mol. The molecule has 0 unspecified atom stereocenters. The summed E-state index contributed by atoms with van der Waals surface area (Å²) < 4.78 is 6.53. The van der Waals surface area contributed by atoms with Gasteiger partial charge in [-0.1, -0.05) is 30.3 Å². The zero-order valence-corrected chi connectivity index (χ0v) is 15.6. The minimum atomic E-state index is -0.382. The molecule has 2 amide bonds. The number of tetrazole rings is 1. The fourth-order valence-corrected chi connectivity index (χ4v) is 2.51. The second-order valence-corrected chi connectivity index (χ2v) is 6.10. The van der Waals surface area contributed by atoms with Crippen LogP contribution in [0.1, 0.15) is 17.1 Å². The predicted molar refractivity (Wildman–Crippen MR) is 101 cm³/mol. The summed E-state index contributed by atoms with van der Waals surface area (Å²) in [5, 5.41) is 14.1. The standard InChI is InChI=1S/C19H20N6O3/c1-14-21-22-23-25(14)17(11-15-7-4-3-5-8-15)19(27)24(2)13-18(26)20-12-16-9-6-10-28-16/h3-11H,12-13H2,1-2H3,(H,20,26)/b17-11-. The third kappa shape index (κ3) is 4.70. The van der Waals surface area contributed by atoms with Crippen molar-refractivity contribution < 1.29 is 14.0 Å². The molecule has 9 nitrogen and oxygen atoms in total. The second-order valence-electron chi connectivity index (χ2n) is 6.10. The molecular weight excluding hydrogens is 360 g/mol. The smallest absolute Gasteiger partial charge is 0.272 e. The van der Waals surface area contributed by atoms with Gasteiger partial charge >= 0.3 is 0 Å². The summed E-state index contributed by atoms with van der Waals surface area (Å²) in [6.07, 6.45) is 3.22. The lowest BCUT2D eigenvalue weighted by atomic mass is 10.2. The van der Waals surface area contributed by atoms with Gasteiger partial charge in [0, 0.05) is 7.05 Å². The molecule has 0 atom stereocenters. The first-order valence-corrected chi connectivity index (χ1v) is 8.61. The van der Waals surface area contributed by atoms with Crippen molar-refractivity contribution in [2.45, 2.75) is 13.5 Å². The number of amides is 2. The maximum Gasteiger partial charge on any atom is 0.272 e. The first kappa shape index (κ1) is 19.0. The summed E-state index contributed by atoms with van der Waals surface area (Å²) in [5.74, 6) is 0.412. The van der Waals surface area contributed by atoms with Crippen LogP contribution in [0.5, 0.6) is 0 Å². The van der Waals surface area contributed by atoms with Crippen LogP contribution >= 0.6 is 0 Å². The fraction of sp³-hybridized carbons (Fsp3) is 0.211. The number of furan rings is 1.